The Morgan fingerprint density at radius 2 is 2.23 bits per heavy atom. The minimum absolute atomic E-state index is 0.283. The molecule has 0 aromatic carbocycles. The van der Waals surface area contributed by atoms with Gasteiger partial charge in [0.15, 0.2) is 0 Å². The molecular weight excluding hydrogens is 168 g/mol. The lowest BCUT2D eigenvalue weighted by Gasteiger charge is -2.02. The topological polar surface area (TPSA) is 67.8 Å². The fourth-order valence-electron chi connectivity index (χ4n) is 1.16. The third-order valence-corrected chi connectivity index (χ3v) is 2.22. The Balaban J connectivity index is 1.77. The molecule has 0 aromatic heterocycles. The fraction of sp³-hybridized carbons (Fsp3) is 0.889. The van der Waals surface area contributed by atoms with E-state index in [1.54, 1.807) is 0 Å². The molecule has 1 saturated carbocycles. The van der Waals surface area contributed by atoms with Gasteiger partial charge in [-0.15, -0.1) is 0 Å². The number of nitrogens with two attached hydrogens (primary N) is 1. The molecule has 4 nitrogen and oxygen atoms in total. The quantitative estimate of drug-likeness (QED) is 0.207. The summed E-state index contributed by atoms with van der Waals surface area (Å²) in [5, 5.41) is 11.1. The molecule has 13 heavy (non-hydrogen) atoms. The molecular formula is C9H18N2O2. The first kappa shape index (κ1) is 10.3. The summed E-state index contributed by atoms with van der Waals surface area (Å²) in [4.78, 5) is 0. The van der Waals surface area contributed by atoms with Crippen LogP contribution < -0.4 is 5.73 Å². The van der Waals surface area contributed by atoms with Gasteiger partial charge in [-0.25, -0.2) is 0 Å². The van der Waals surface area contributed by atoms with Crippen molar-refractivity contribution < 1.29 is 9.94 Å². The van der Waals surface area contributed by atoms with Crippen LogP contribution in [0.1, 0.15) is 32.1 Å². The maximum absolute atomic E-state index is 8.24. The summed E-state index contributed by atoms with van der Waals surface area (Å²) in [7, 11) is 0. The summed E-state index contributed by atoms with van der Waals surface area (Å²) in [5.74, 6) is 1.22. The van der Waals surface area contributed by atoms with Crippen LogP contribution in [-0.2, 0) is 4.74 Å². The summed E-state index contributed by atoms with van der Waals surface area (Å²) in [6, 6.07) is 0. The predicted octanol–water partition coefficient (Wildman–Crippen LogP) is 1.33. The molecule has 1 rings (SSSR count). The minimum Gasteiger partial charge on any atom is -0.409 e. The van der Waals surface area contributed by atoms with E-state index >= 15 is 0 Å². The van der Waals surface area contributed by atoms with Crippen molar-refractivity contribution in [2.45, 2.75) is 32.1 Å². The lowest BCUT2D eigenvalue weighted by Crippen LogP contribution is -2.12. The molecule has 0 saturated heterocycles. The Labute approximate surface area is 78.7 Å². The molecule has 76 valence electrons. The van der Waals surface area contributed by atoms with E-state index in [1.807, 2.05) is 0 Å². The van der Waals surface area contributed by atoms with E-state index in [9.17, 15) is 0 Å². The zero-order valence-electron chi connectivity index (χ0n) is 7.91. The van der Waals surface area contributed by atoms with Crippen molar-refractivity contribution in [1.29, 1.82) is 0 Å². The molecule has 1 fully saturated rings. The van der Waals surface area contributed by atoms with Crippen molar-refractivity contribution >= 4 is 5.84 Å². The van der Waals surface area contributed by atoms with Gasteiger partial charge in [0.2, 0.25) is 0 Å². The molecule has 1 aliphatic rings. The molecule has 3 N–H and O–H groups in total. The van der Waals surface area contributed by atoms with Crippen molar-refractivity contribution in [1.82, 2.24) is 0 Å². The van der Waals surface area contributed by atoms with E-state index in [2.05, 4.69) is 5.16 Å². The Morgan fingerprint density at radius 1 is 1.46 bits per heavy atom. The number of hydrogen-bond donors (Lipinski definition) is 2. The standard InChI is InChI=1S/C9H18N2O2/c10-9(11-12)2-1-6-13-7-5-8-3-4-8/h8,12H,1-7H2,(H2,10,11). The highest BCUT2D eigenvalue weighted by Crippen LogP contribution is 2.32. The fourth-order valence-corrected chi connectivity index (χ4v) is 1.16. The Bertz CT molecular complexity index is 167. The third-order valence-electron chi connectivity index (χ3n) is 2.22. The number of hydrogen-bond acceptors (Lipinski definition) is 3. The number of ether oxygens (including phenoxy) is 1. The smallest absolute Gasteiger partial charge is 0.139 e. The van der Waals surface area contributed by atoms with Gasteiger partial charge in [0.25, 0.3) is 0 Å². The van der Waals surface area contributed by atoms with E-state index in [4.69, 9.17) is 15.7 Å². The van der Waals surface area contributed by atoms with Crippen LogP contribution in [0.4, 0.5) is 0 Å². The van der Waals surface area contributed by atoms with Gasteiger partial charge in [-0.1, -0.05) is 18.0 Å². The zero-order chi connectivity index (χ0) is 9.52. The average molecular weight is 186 g/mol. The number of rotatable bonds is 7. The molecule has 0 atom stereocenters. The summed E-state index contributed by atoms with van der Waals surface area (Å²) in [6.45, 7) is 1.57. The van der Waals surface area contributed by atoms with Crippen LogP contribution in [0.25, 0.3) is 0 Å². The highest BCUT2D eigenvalue weighted by molar-refractivity contribution is 5.79. The second kappa shape index (κ2) is 5.80. The first-order chi connectivity index (χ1) is 6.33. The molecule has 0 unspecified atom stereocenters. The molecule has 0 radical (unpaired) electrons. The van der Waals surface area contributed by atoms with Crippen LogP contribution in [0.2, 0.25) is 0 Å². The van der Waals surface area contributed by atoms with Crippen molar-refractivity contribution in [2.75, 3.05) is 13.2 Å². The molecule has 0 spiro atoms. The van der Waals surface area contributed by atoms with Crippen molar-refractivity contribution in [3.63, 3.8) is 0 Å². The Hall–Kier alpha value is -0.770. The van der Waals surface area contributed by atoms with Crippen LogP contribution in [0.5, 0.6) is 0 Å². The van der Waals surface area contributed by atoms with E-state index in [0.717, 1.165) is 18.9 Å². The first-order valence-corrected chi connectivity index (χ1v) is 4.87. The largest absolute Gasteiger partial charge is 0.409 e. The van der Waals surface area contributed by atoms with Crippen LogP contribution in [0.15, 0.2) is 5.16 Å². The second-order valence-corrected chi connectivity index (χ2v) is 3.54. The molecule has 0 aromatic rings. The molecule has 4 heteroatoms. The van der Waals surface area contributed by atoms with Gasteiger partial charge in [-0.3, -0.25) is 0 Å². The van der Waals surface area contributed by atoms with Gasteiger partial charge >= 0.3 is 0 Å². The summed E-state index contributed by atoms with van der Waals surface area (Å²) in [6.07, 6.45) is 5.41. The van der Waals surface area contributed by atoms with Crippen molar-refractivity contribution in [3.8, 4) is 0 Å². The Kier molecular flexibility index (Phi) is 4.60. The first-order valence-electron chi connectivity index (χ1n) is 4.87. The third kappa shape index (κ3) is 5.47. The maximum Gasteiger partial charge on any atom is 0.139 e. The van der Waals surface area contributed by atoms with Gasteiger partial charge in [0, 0.05) is 19.6 Å². The highest BCUT2D eigenvalue weighted by atomic mass is 16.5. The molecule has 0 bridgehead atoms. The van der Waals surface area contributed by atoms with Crippen LogP contribution in [0, 0.1) is 5.92 Å². The SMILES string of the molecule is NC(CCCOCCC1CC1)=NO. The zero-order valence-corrected chi connectivity index (χ0v) is 7.91. The van der Waals surface area contributed by atoms with E-state index in [0.29, 0.717) is 13.0 Å². The van der Waals surface area contributed by atoms with Crippen molar-refractivity contribution in [3.05, 3.63) is 0 Å². The van der Waals surface area contributed by atoms with Gasteiger partial charge in [0.05, 0.1) is 0 Å². The molecule has 0 aliphatic heterocycles. The number of amidine groups is 1. The van der Waals surface area contributed by atoms with E-state index in [1.165, 1.54) is 19.3 Å². The molecule has 0 amide bonds. The van der Waals surface area contributed by atoms with Gasteiger partial charge < -0.3 is 15.7 Å². The van der Waals surface area contributed by atoms with Gasteiger partial charge in [-0.2, -0.15) is 0 Å². The predicted molar refractivity (Wildman–Crippen MR) is 50.8 cm³/mol. The van der Waals surface area contributed by atoms with Crippen LogP contribution in [-0.4, -0.2) is 24.3 Å². The van der Waals surface area contributed by atoms with Crippen LogP contribution >= 0.6 is 0 Å². The second-order valence-electron chi connectivity index (χ2n) is 3.54. The summed E-state index contributed by atoms with van der Waals surface area (Å²) < 4.78 is 5.39. The Morgan fingerprint density at radius 3 is 2.85 bits per heavy atom. The average Bonchev–Trinajstić information content (AvgIpc) is 2.94. The number of oxime groups is 1. The highest BCUT2D eigenvalue weighted by Gasteiger charge is 2.20. The maximum atomic E-state index is 8.24. The van der Waals surface area contributed by atoms with Gasteiger partial charge in [0.1, 0.15) is 5.84 Å². The number of nitrogens with zero attached hydrogens (tertiary/aromatic N) is 1. The van der Waals surface area contributed by atoms with E-state index < -0.39 is 0 Å². The normalized spacial score (nSPS) is 17.7. The summed E-state index contributed by atoms with van der Waals surface area (Å²) in [5.41, 5.74) is 5.29. The lowest BCUT2D eigenvalue weighted by molar-refractivity contribution is 0.127. The monoisotopic (exact) mass is 186 g/mol. The minimum atomic E-state index is 0.283. The molecule has 0 heterocycles. The van der Waals surface area contributed by atoms with E-state index in [-0.39, 0.29) is 5.84 Å². The van der Waals surface area contributed by atoms with Gasteiger partial charge in [-0.05, 0) is 18.8 Å². The van der Waals surface area contributed by atoms with Crippen LogP contribution in [0.3, 0.4) is 0 Å². The molecule has 1 aliphatic carbocycles. The lowest BCUT2D eigenvalue weighted by atomic mass is 10.3. The van der Waals surface area contributed by atoms with Crippen molar-refractivity contribution in [2.24, 2.45) is 16.8 Å². The summed E-state index contributed by atoms with van der Waals surface area (Å²) >= 11 is 0.